The third-order valence-electron chi connectivity index (χ3n) is 4.24. The molecule has 8 nitrogen and oxygen atoms in total. The molecule has 1 atom stereocenters. The molecule has 1 aliphatic rings. The molecular weight excluding hydrogens is 346 g/mol. The van der Waals surface area contributed by atoms with Crippen molar-refractivity contribution in [2.45, 2.75) is 13.0 Å². The van der Waals surface area contributed by atoms with Crippen molar-refractivity contribution in [2.75, 3.05) is 5.32 Å². The number of nitrogens with one attached hydrogen (secondary N) is 4. The molecule has 4 N–H and O–H groups in total. The summed E-state index contributed by atoms with van der Waals surface area (Å²) in [5.74, 6) is 0.322. The molecule has 4 rings (SSSR count). The summed E-state index contributed by atoms with van der Waals surface area (Å²) >= 11 is 0. The van der Waals surface area contributed by atoms with Crippen molar-refractivity contribution in [3.63, 3.8) is 0 Å². The highest BCUT2D eigenvalue weighted by atomic mass is 16.3. The van der Waals surface area contributed by atoms with E-state index in [0.29, 0.717) is 22.7 Å². The van der Waals surface area contributed by atoms with Gasteiger partial charge in [0.1, 0.15) is 5.76 Å². The maximum Gasteiger partial charge on any atom is 0.319 e. The highest BCUT2D eigenvalue weighted by Crippen LogP contribution is 2.20. The number of fused-ring (bicyclic) bond motifs is 1. The first-order chi connectivity index (χ1) is 13.1. The Morgan fingerprint density at radius 3 is 3.04 bits per heavy atom. The van der Waals surface area contributed by atoms with E-state index < -0.39 is 6.04 Å². The van der Waals surface area contributed by atoms with Crippen LogP contribution in [0.2, 0.25) is 0 Å². The Hall–Kier alpha value is -3.81. The van der Waals surface area contributed by atoms with E-state index in [4.69, 9.17) is 4.42 Å². The lowest BCUT2D eigenvalue weighted by Crippen LogP contribution is -2.49. The fourth-order valence-electron chi connectivity index (χ4n) is 2.97. The van der Waals surface area contributed by atoms with Crippen molar-refractivity contribution in [1.82, 2.24) is 20.8 Å². The Kier molecular flexibility index (Phi) is 4.21. The van der Waals surface area contributed by atoms with Gasteiger partial charge in [-0.2, -0.15) is 5.10 Å². The largest absolute Gasteiger partial charge is 0.465 e. The zero-order valence-corrected chi connectivity index (χ0v) is 14.4. The average molecular weight is 363 g/mol. The monoisotopic (exact) mass is 363 g/mol. The van der Waals surface area contributed by atoms with Gasteiger partial charge in [-0.05, 0) is 43.3 Å². The van der Waals surface area contributed by atoms with Gasteiger partial charge in [0.05, 0.1) is 29.6 Å². The lowest BCUT2D eigenvalue weighted by atomic mass is 10.0. The van der Waals surface area contributed by atoms with Crippen molar-refractivity contribution in [1.29, 1.82) is 0 Å². The number of amides is 3. The first-order valence-corrected chi connectivity index (χ1v) is 8.34. The number of carbonyl (C=O) groups excluding carboxylic acids is 2. The number of benzene rings is 1. The molecular formula is C19H17N5O3. The van der Waals surface area contributed by atoms with Gasteiger partial charge in [-0.3, -0.25) is 9.89 Å². The second-order valence-electron chi connectivity index (χ2n) is 6.12. The first-order valence-electron chi connectivity index (χ1n) is 8.34. The van der Waals surface area contributed by atoms with Crippen molar-refractivity contribution in [2.24, 2.45) is 0 Å². The highest BCUT2D eigenvalue weighted by molar-refractivity contribution is 6.07. The standard InChI is InChI=1S/C19H17N5O3/c1-11-17(16(23-19(26)21-11)7-5-14-3-2-8-27-14)18(25)22-13-4-6-15-12(9-13)10-20-24-15/h2-10,16H,1H3,(H,20,24)(H,22,25)(H2,21,23,26)/b7-5+. The van der Waals surface area contributed by atoms with Gasteiger partial charge in [0.2, 0.25) is 0 Å². The minimum Gasteiger partial charge on any atom is -0.465 e. The molecule has 0 bridgehead atoms. The number of H-pyrrole nitrogens is 1. The van der Waals surface area contributed by atoms with Crippen LogP contribution in [0.25, 0.3) is 17.0 Å². The number of carbonyl (C=O) groups is 2. The molecule has 1 aliphatic heterocycles. The van der Waals surface area contributed by atoms with Crippen LogP contribution in [0.1, 0.15) is 12.7 Å². The van der Waals surface area contributed by atoms with Crippen molar-refractivity contribution in [3.05, 3.63) is 65.9 Å². The number of hydrogen-bond donors (Lipinski definition) is 4. The van der Waals surface area contributed by atoms with E-state index in [9.17, 15) is 9.59 Å². The van der Waals surface area contributed by atoms with E-state index in [1.54, 1.807) is 49.7 Å². The Labute approximate surface area is 154 Å². The number of urea groups is 1. The van der Waals surface area contributed by atoms with Crippen LogP contribution in [0.4, 0.5) is 10.5 Å². The summed E-state index contributed by atoms with van der Waals surface area (Å²) in [6.07, 6.45) is 6.68. The van der Waals surface area contributed by atoms with Crippen molar-refractivity contribution < 1.29 is 14.0 Å². The molecule has 0 radical (unpaired) electrons. The molecule has 1 aromatic carbocycles. The molecule has 0 spiro atoms. The Morgan fingerprint density at radius 2 is 2.22 bits per heavy atom. The number of nitrogens with zero attached hydrogens (tertiary/aromatic N) is 1. The van der Waals surface area contributed by atoms with Crippen molar-refractivity contribution >= 4 is 34.6 Å². The summed E-state index contributed by atoms with van der Waals surface area (Å²) in [7, 11) is 0. The number of aromatic nitrogens is 2. The highest BCUT2D eigenvalue weighted by Gasteiger charge is 2.28. The zero-order chi connectivity index (χ0) is 18.8. The van der Waals surface area contributed by atoms with Crippen LogP contribution in [-0.4, -0.2) is 28.2 Å². The second-order valence-corrected chi connectivity index (χ2v) is 6.12. The third kappa shape index (κ3) is 3.45. The summed E-state index contributed by atoms with van der Waals surface area (Å²) < 4.78 is 5.26. The topological polar surface area (TPSA) is 112 Å². The van der Waals surface area contributed by atoms with Crippen molar-refractivity contribution in [3.8, 4) is 0 Å². The summed E-state index contributed by atoms with van der Waals surface area (Å²) in [6, 6.07) is 8.07. The molecule has 27 heavy (non-hydrogen) atoms. The Balaban J connectivity index is 1.59. The summed E-state index contributed by atoms with van der Waals surface area (Å²) in [4.78, 5) is 24.7. The molecule has 2 aromatic heterocycles. The normalized spacial score (nSPS) is 17.2. The van der Waals surface area contributed by atoms with Gasteiger partial charge in [0, 0.05) is 16.8 Å². The summed E-state index contributed by atoms with van der Waals surface area (Å²) in [6.45, 7) is 1.70. The number of allylic oxidation sites excluding steroid dienone is 1. The number of anilines is 1. The van der Waals surface area contributed by atoms with Gasteiger partial charge in [0.15, 0.2) is 0 Å². The molecule has 8 heteroatoms. The number of rotatable bonds is 4. The van der Waals surface area contributed by atoms with Crippen LogP contribution >= 0.6 is 0 Å². The molecule has 0 saturated heterocycles. The fraction of sp³-hybridized carbons (Fsp3) is 0.105. The van der Waals surface area contributed by atoms with Gasteiger partial charge >= 0.3 is 6.03 Å². The number of hydrogen-bond acceptors (Lipinski definition) is 4. The van der Waals surface area contributed by atoms with Gasteiger partial charge < -0.3 is 20.4 Å². The smallest absolute Gasteiger partial charge is 0.319 e. The third-order valence-corrected chi connectivity index (χ3v) is 4.24. The van der Waals surface area contributed by atoms with Crippen LogP contribution < -0.4 is 16.0 Å². The maximum absolute atomic E-state index is 12.9. The minimum atomic E-state index is -0.582. The molecule has 136 valence electrons. The van der Waals surface area contributed by atoms with Crippen LogP contribution in [0.3, 0.4) is 0 Å². The molecule has 0 aliphatic carbocycles. The van der Waals surface area contributed by atoms with Crippen LogP contribution in [-0.2, 0) is 4.79 Å². The van der Waals surface area contributed by atoms with Gasteiger partial charge in [-0.25, -0.2) is 4.79 Å². The van der Waals surface area contributed by atoms with Gasteiger partial charge in [-0.15, -0.1) is 0 Å². The molecule has 0 saturated carbocycles. The van der Waals surface area contributed by atoms with E-state index >= 15 is 0 Å². The molecule has 1 unspecified atom stereocenters. The predicted octanol–water partition coefficient (Wildman–Crippen LogP) is 2.76. The second kappa shape index (κ2) is 6.83. The summed E-state index contributed by atoms with van der Waals surface area (Å²) in [5, 5.41) is 16.0. The zero-order valence-electron chi connectivity index (χ0n) is 14.4. The van der Waals surface area contributed by atoms with E-state index in [-0.39, 0.29) is 11.9 Å². The van der Waals surface area contributed by atoms with E-state index in [0.717, 1.165) is 10.9 Å². The summed E-state index contributed by atoms with van der Waals surface area (Å²) in [5.41, 5.74) is 2.44. The fourth-order valence-corrected chi connectivity index (χ4v) is 2.97. The molecule has 3 aromatic rings. The molecule has 3 amide bonds. The quantitative estimate of drug-likeness (QED) is 0.571. The van der Waals surface area contributed by atoms with E-state index in [1.165, 1.54) is 0 Å². The first kappa shape index (κ1) is 16.6. The Morgan fingerprint density at radius 1 is 1.33 bits per heavy atom. The SMILES string of the molecule is CC1=C(C(=O)Nc2ccc3[nH]ncc3c2)C(/C=C/c2ccco2)NC(=O)N1. The van der Waals surface area contributed by atoms with Crippen LogP contribution in [0.5, 0.6) is 0 Å². The van der Waals surface area contributed by atoms with Crippen LogP contribution in [0, 0.1) is 0 Å². The van der Waals surface area contributed by atoms with Crippen LogP contribution in [0.15, 0.2) is 64.6 Å². The molecule has 3 heterocycles. The lowest BCUT2D eigenvalue weighted by Gasteiger charge is -2.26. The lowest BCUT2D eigenvalue weighted by molar-refractivity contribution is -0.113. The Bertz CT molecular complexity index is 1060. The number of furan rings is 1. The van der Waals surface area contributed by atoms with E-state index in [1.807, 2.05) is 12.1 Å². The average Bonchev–Trinajstić information content (AvgIpc) is 3.30. The molecule has 0 fully saturated rings. The maximum atomic E-state index is 12.9. The van der Waals surface area contributed by atoms with Gasteiger partial charge in [0.25, 0.3) is 5.91 Å². The predicted molar refractivity (Wildman–Crippen MR) is 101 cm³/mol. The minimum absolute atomic E-state index is 0.308. The van der Waals surface area contributed by atoms with Gasteiger partial charge in [-0.1, -0.05) is 6.08 Å². The van der Waals surface area contributed by atoms with E-state index in [2.05, 4.69) is 26.1 Å². The number of aromatic amines is 1.